The second-order valence-electron chi connectivity index (χ2n) is 4.09. The molecule has 0 aliphatic carbocycles. The number of aromatic nitrogens is 1. The molecule has 0 unspecified atom stereocenters. The SMILES string of the molecule is NC(=S)c1ccc(OCCn2ccccc2=O)cc1Cl. The van der Waals surface area contributed by atoms with Gasteiger partial charge in [0.15, 0.2) is 0 Å². The highest BCUT2D eigenvalue weighted by molar-refractivity contribution is 7.80. The minimum Gasteiger partial charge on any atom is -0.492 e. The Morgan fingerprint density at radius 1 is 1.35 bits per heavy atom. The van der Waals surface area contributed by atoms with Gasteiger partial charge < -0.3 is 15.0 Å². The monoisotopic (exact) mass is 308 g/mol. The van der Waals surface area contributed by atoms with Crippen LogP contribution in [0.25, 0.3) is 0 Å². The lowest BCUT2D eigenvalue weighted by Crippen LogP contribution is -2.21. The summed E-state index contributed by atoms with van der Waals surface area (Å²) in [6.45, 7) is 0.834. The summed E-state index contributed by atoms with van der Waals surface area (Å²) in [6.07, 6.45) is 1.72. The number of pyridine rings is 1. The first kappa shape index (κ1) is 14.6. The summed E-state index contributed by atoms with van der Waals surface area (Å²) in [5.74, 6) is 0.610. The van der Waals surface area contributed by atoms with Gasteiger partial charge in [-0.3, -0.25) is 4.79 Å². The van der Waals surface area contributed by atoms with Gasteiger partial charge in [-0.25, -0.2) is 0 Å². The lowest BCUT2D eigenvalue weighted by atomic mass is 10.2. The van der Waals surface area contributed by atoms with Crippen LogP contribution in [-0.2, 0) is 6.54 Å². The highest BCUT2D eigenvalue weighted by atomic mass is 35.5. The molecule has 0 saturated carbocycles. The van der Waals surface area contributed by atoms with E-state index in [4.69, 9.17) is 34.3 Å². The van der Waals surface area contributed by atoms with E-state index in [9.17, 15) is 4.79 Å². The van der Waals surface area contributed by atoms with Crippen molar-refractivity contribution in [3.8, 4) is 5.75 Å². The summed E-state index contributed by atoms with van der Waals surface area (Å²) in [5.41, 5.74) is 6.09. The number of thiocarbonyl (C=S) groups is 1. The molecule has 0 amide bonds. The van der Waals surface area contributed by atoms with Gasteiger partial charge >= 0.3 is 0 Å². The molecule has 1 aromatic heterocycles. The third-order valence-corrected chi connectivity index (χ3v) is 3.24. The van der Waals surface area contributed by atoms with Crippen LogP contribution in [0.15, 0.2) is 47.4 Å². The van der Waals surface area contributed by atoms with Gasteiger partial charge in [-0.15, -0.1) is 0 Å². The van der Waals surface area contributed by atoms with Gasteiger partial charge in [0.25, 0.3) is 5.56 Å². The Morgan fingerprint density at radius 2 is 2.15 bits per heavy atom. The first-order chi connectivity index (χ1) is 9.58. The van der Waals surface area contributed by atoms with E-state index in [2.05, 4.69) is 0 Å². The summed E-state index contributed by atoms with van der Waals surface area (Å²) in [5, 5.41) is 0.451. The Morgan fingerprint density at radius 3 is 2.80 bits per heavy atom. The fourth-order valence-corrected chi connectivity index (χ4v) is 2.20. The van der Waals surface area contributed by atoms with Gasteiger partial charge in [-0.05, 0) is 24.3 Å². The van der Waals surface area contributed by atoms with Crippen molar-refractivity contribution in [1.82, 2.24) is 4.57 Å². The molecular formula is C14H13ClN2O2S. The minimum absolute atomic E-state index is 0.0574. The van der Waals surface area contributed by atoms with Crippen LogP contribution in [0.2, 0.25) is 5.02 Å². The molecule has 104 valence electrons. The quantitative estimate of drug-likeness (QED) is 0.861. The standard InChI is InChI=1S/C14H13ClN2O2S/c15-12-9-10(4-5-11(12)14(16)20)19-8-7-17-6-2-1-3-13(17)18/h1-6,9H,7-8H2,(H2,16,20). The maximum absolute atomic E-state index is 11.5. The Hall–Kier alpha value is -1.85. The average molecular weight is 309 g/mol. The van der Waals surface area contributed by atoms with Crippen molar-refractivity contribution in [2.45, 2.75) is 6.54 Å². The smallest absolute Gasteiger partial charge is 0.250 e. The van der Waals surface area contributed by atoms with Gasteiger partial charge in [-0.1, -0.05) is 29.9 Å². The van der Waals surface area contributed by atoms with E-state index in [1.165, 1.54) is 6.07 Å². The maximum Gasteiger partial charge on any atom is 0.250 e. The largest absolute Gasteiger partial charge is 0.492 e. The Bertz CT molecular complexity index is 685. The Labute approximate surface area is 126 Å². The zero-order valence-corrected chi connectivity index (χ0v) is 12.2. The fourth-order valence-electron chi connectivity index (χ4n) is 1.69. The summed E-state index contributed by atoms with van der Waals surface area (Å²) in [6, 6.07) is 10.1. The third kappa shape index (κ3) is 3.59. The lowest BCUT2D eigenvalue weighted by molar-refractivity contribution is 0.296. The molecule has 0 radical (unpaired) electrons. The van der Waals surface area contributed by atoms with Crippen molar-refractivity contribution in [3.05, 3.63) is 63.5 Å². The van der Waals surface area contributed by atoms with Gasteiger partial charge in [0, 0.05) is 17.8 Å². The molecule has 6 heteroatoms. The number of nitrogens with two attached hydrogens (primary N) is 1. The van der Waals surface area contributed by atoms with E-state index in [0.717, 1.165) is 0 Å². The van der Waals surface area contributed by atoms with E-state index >= 15 is 0 Å². The minimum atomic E-state index is -0.0574. The molecule has 0 spiro atoms. The number of nitrogens with zero attached hydrogens (tertiary/aromatic N) is 1. The Kier molecular flexibility index (Phi) is 4.76. The first-order valence-electron chi connectivity index (χ1n) is 5.95. The number of halogens is 1. The number of rotatable bonds is 5. The van der Waals surface area contributed by atoms with Crippen LogP contribution >= 0.6 is 23.8 Å². The van der Waals surface area contributed by atoms with Gasteiger partial charge in [0.2, 0.25) is 0 Å². The number of hydrogen-bond acceptors (Lipinski definition) is 3. The summed E-state index contributed by atoms with van der Waals surface area (Å²) < 4.78 is 7.13. The van der Waals surface area contributed by atoms with E-state index in [0.29, 0.717) is 29.5 Å². The molecule has 0 atom stereocenters. The number of hydrogen-bond donors (Lipinski definition) is 1. The molecular weight excluding hydrogens is 296 g/mol. The average Bonchev–Trinajstić information content (AvgIpc) is 2.40. The van der Waals surface area contributed by atoms with Crippen LogP contribution in [0.5, 0.6) is 5.75 Å². The van der Waals surface area contributed by atoms with Crippen molar-refractivity contribution in [2.75, 3.05) is 6.61 Å². The molecule has 20 heavy (non-hydrogen) atoms. The number of ether oxygens (including phenoxy) is 1. The topological polar surface area (TPSA) is 57.2 Å². The lowest BCUT2D eigenvalue weighted by Gasteiger charge is -2.09. The molecule has 0 saturated heterocycles. The van der Waals surface area contributed by atoms with Gasteiger partial charge in [-0.2, -0.15) is 0 Å². The van der Waals surface area contributed by atoms with Crippen LogP contribution in [-0.4, -0.2) is 16.2 Å². The van der Waals surface area contributed by atoms with Crippen molar-refractivity contribution in [3.63, 3.8) is 0 Å². The summed E-state index contributed by atoms with van der Waals surface area (Å²) in [4.78, 5) is 11.7. The van der Waals surface area contributed by atoms with E-state index < -0.39 is 0 Å². The van der Waals surface area contributed by atoms with E-state index in [1.54, 1.807) is 41.1 Å². The van der Waals surface area contributed by atoms with Crippen molar-refractivity contribution < 1.29 is 4.74 Å². The second kappa shape index (κ2) is 6.54. The summed E-state index contributed by atoms with van der Waals surface area (Å²) in [7, 11) is 0. The highest BCUT2D eigenvalue weighted by Gasteiger charge is 2.05. The zero-order chi connectivity index (χ0) is 14.5. The third-order valence-electron chi connectivity index (χ3n) is 2.71. The molecule has 0 bridgehead atoms. The molecule has 4 nitrogen and oxygen atoms in total. The first-order valence-corrected chi connectivity index (χ1v) is 6.74. The molecule has 1 aromatic carbocycles. The fraction of sp³-hybridized carbons (Fsp3) is 0.143. The summed E-state index contributed by atoms with van der Waals surface area (Å²) >= 11 is 10.9. The highest BCUT2D eigenvalue weighted by Crippen LogP contribution is 2.22. The van der Waals surface area contributed by atoms with Crippen LogP contribution < -0.4 is 16.0 Å². The van der Waals surface area contributed by atoms with Crippen molar-refractivity contribution in [2.24, 2.45) is 5.73 Å². The van der Waals surface area contributed by atoms with Crippen molar-refractivity contribution >= 4 is 28.8 Å². The normalized spacial score (nSPS) is 10.2. The van der Waals surface area contributed by atoms with Crippen LogP contribution in [0, 0.1) is 0 Å². The molecule has 0 aliphatic rings. The molecule has 1 heterocycles. The molecule has 2 aromatic rings. The van der Waals surface area contributed by atoms with Crippen molar-refractivity contribution in [1.29, 1.82) is 0 Å². The Balaban J connectivity index is 1.98. The second-order valence-corrected chi connectivity index (χ2v) is 4.93. The maximum atomic E-state index is 11.5. The van der Waals surface area contributed by atoms with Gasteiger partial charge in [0.05, 0.1) is 11.6 Å². The van der Waals surface area contributed by atoms with Crippen LogP contribution in [0.1, 0.15) is 5.56 Å². The molecule has 0 aliphatic heterocycles. The predicted molar refractivity (Wildman–Crippen MR) is 83.5 cm³/mol. The molecule has 2 N–H and O–H groups in total. The molecule has 0 fully saturated rings. The van der Waals surface area contributed by atoms with Crippen LogP contribution in [0.4, 0.5) is 0 Å². The van der Waals surface area contributed by atoms with Crippen LogP contribution in [0.3, 0.4) is 0 Å². The van der Waals surface area contributed by atoms with Gasteiger partial charge in [0.1, 0.15) is 17.3 Å². The zero-order valence-electron chi connectivity index (χ0n) is 10.6. The van der Waals surface area contributed by atoms with E-state index in [1.807, 2.05) is 0 Å². The van der Waals surface area contributed by atoms with E-state index in [-0.39, 0.29) is 10.5 Å². The molecule has 2 rings (SSSR count). The number of benzene rings is 1. The predicted octanol–water partition coefficient (Wildman–Crippen LogP) is 2.21.